The van der Waals surface area contributed by atoms with E-state index < -0.39 is 17.2 Å². The molecule has 6 heterocycles. The third-order valence-electron chi connectivity index (χ3n) is 13.2. The molecule has 0 spiro atoms. The molecule has 398 valence electrons. The molecule has 22 heteroatoms. The van der Waals surface area contributed by atoms with E-state index in [2.05, 4.69) is 40.4 Å². The Morgan fingerprint density at radius 2 is 1.28 bits per heavy atom. The smallest absolute Gasteiger partial charge is 0.320 e. The number of methoxy groups -OCH3 is 1. The van der Waals surface area contributed by atoms with Crippen molar-refractivity contribution in [1.82, 2.24) is 34.6 Å². The molecule has 0 aliphatic carbocycles. The SMILES string of the molecule is CC1(C)CN(CCOc2cc3ncnc(Nc4ccc(F)c(Cl)c4)c3cc2OC[C@@H]2CCCO2)CC(=O)O1.COc1cc2ncnc(Nc3ccc(F)c(Cl)c3)c2cc1OCCN1CCC(N2CCOC(=O)C2)CC1. The van der Waals surface area contributed by atoms with E-state index in [1.54, 1.807) is 25.3 Å². The zero-order valence-corrected chi connectivity index (χ0v) is 43.4. The summed E-state index contributed by atoms with van der Waals surface area (Å²) >= 11 is 11.9. The Morgan fingerprint density at radius 1 is 0.693 bits per heavy atom. The summed E-state index contributed by atoms with van der Waals surface area (Å²) in [4.78, 5) is 47.7. The molecule has 10 rings (SSSR count). The molecule has 0 amide bonds. The first-order valence-corrected chi connectivity index (χ1v) is 25.6. The summed E-state index contributed by atoms with van der Waals surface area (Å²) < 4.78 is 67.4. The molecule has 75 heavy (non-hydrogen) atoms. The standard InChI is InChI=1S/C27H30ClFN4O5.C26H29ClFN5O4/c1-27(2)15-33(13-25(34)38-27)7-9-36-24-12-22-19(11-23(24)37-14-18-4-3-8-35-18)26(31-16-30-22)32-17-5-6-21(29)20(28)10-17;1-35-23-14-22-19(26(30-16-29-22)31-17-2-3-21(28)20(27)12-17)13-24(23)36-10-8-32-6-4-18(5-7-32)33-9-11-37-25(34)15-33/h5-6,10-12,16,18H,3-4,7-9,13-15H2,1-2H3,(H,30,31,32);2-3,12-14,16,18H,4-11,15H2,1H3,(H,29,30,31)/t18-;/m0./s1. The molecule has 4 saturated heterocycles. The normalized spacial score (nSPS) is 18.5. The van der Waals surface area contributed by atoms with Crippen LogP contribution in [-0.2, 0) is 23.8 Å². The number of likely N-dealkylation sites (tertiary alicyclic amines) is 1. The molecular formula is C53H59Cl2F2N9O9. The van der Waals surface area contributed by atoms with Crippen LogP contribution in [0.4, 0.5) is 31.8 Å². The van der Waals surface area contributed by atoms with E-state index in [1.807, 2.05) is 36.9 Å². The molecule has 4 aromatic carbocycles. The molecule has 4 aliphatic heterocycles. The third-order valence-corrected chi connectivity index (χ3v) is 13.7. The summed E-state index contributed by atoms with van der Waals surface area (Å²) in [5.41, 5.74) is 1.97. The van der Waals surface area contributed by atoms with Crippen LogP contribution in [0.5, 0.6) is 23.0 Å². The van der Waals surface area contributed by atoms with Gasteiger partial charge in [0.25, 0.3) is 0 Å². The summed E-state index contributed by atoms with van der Waals surface area (Å²) in [5, 5.41) is 7.83. The third kappa shape index (κ3) is 14.1. The molecule has 2 N–H and O–H groups in total. The average Bonchev–Trinajstić information content (AvgIpc) is 3.92. The maximum Gasteiger partial charge on any atom is 0.320 e. The highest BCUT2D eigenvalue weighted by atomic mass is 35.5. The second kappa shape index (κ2) is 24.5. The van der Waals surface area contributed by atoms with Crippen molar-refractivity contribution in [2.24, 2.45) is 0 Å². The van der Waals surface area contributed by atoms with Crippen LogP contribution in [0.15, 0.2) is 73.3 Å². The minimum absolute atomic E-state index is 0.00925. The highest BCUT2D eigenvalue weighted by Crippen LogP contribution is 2.38. The summed E-state index contributed by atoms with van der Waals surface area (Å²) in [5.74, 6) is 1.93. The number of carbonyl (C=O) groups is 2. The molecule has 18 nitrogen and oxygen atoms in total. The summed E-state index contributed by atoms with van der Waals surface area (Å²) in [7, 11) is 1.59. The Labute approximate surface area is 442 Å². The van der Waals surface area contributed by atoms with Crippen molar-refractivity contribution in [3.63, 3.8) is 0 Å². The maximum absolute atomic E-state index is 13.6. The fourth-order valence-electron chi connectivity index (χ4n) is 9.47. The van der Waals surface area contributed by atoms with Gasteiger partial charge in [-0.15, -0.1) is 0 Å². The first-order chi connectivity index (χ1) is 36.2. The Bertz CT molecular complexity index is 2980. The van der Waals surface area contributed by atoms with Gasteiger partial charge in [0.2, 0.25) is 0 Å². The lowest BCUT2D eigenvalue weighted by Gasteiger charge is -2.39. The Morgan fingerprint density at radius 3 is 1.84 bits per heavy atom. The molecule has 6 aromatic rings. The van der Waals surface area contributed by atoms with Crippen molar-refractivity contribution >= 4 is 80.0 Å². The van der Waals surface area contributed by atoms with Crippen LogP contribution in [0.25, 0.3) is 21.8 Å². The molecule has 0 unspecified atom stereocenters. The molecule has 0 saturated carbocycles. The number of cyclic esters (lactones) is 2. The lowest BCUT2D eigenvalue weighted by molar-refractivity contribution is -0.169. The number of halogens is 4. The number of piperidine rings is 1. The summed E-state index contributed by atoms with van der Waals surface area (Å²) in [6.07, 6.45) is 6.89. The van der Waals surface area contributed by atoms with Gasteiger partial charge in [0.05, 0.1) is 47.4 Å². The number of nitrogens with one attached hydrogen (secondary N) is 2. The highest BCUT2D eigenvalue weighted by Gasteiger charge is 2.33. The van der Waals surface area contributed by atoms with Crippen LogP contribution in [0.1, 0.15) is 39.5 Å². The first kappa shape index (κ1) is 53.4. The van der Waals surface area contributed by atoms with Crippen LogP contribution in [0.2, 0.25) is 10.0 Å². The number of hydrogen-bond donors (Lipinski definition) is 2. The quantitative estimate of drug-likeness (QED) is 0.0827. The zero-order valence-electron chi connectivity index (χ0n) is 41.9. The predicted molar refractivity (Wildman–Crippen MR) is 279 cm³/mol. The van der Waals surface area contributed by atoms with E-state index >= 15 is 0 Å². The summed E-state index contributed by atoms with van der Waals surface area (Å²) in [6.45, 7) is 11.5. The monoisotopic (exact) mass is 1070 g/mol. The van der Waals surface area contributed by atoms with E-state index in [-0.39, 0.29) is 34.6 Å². The number of rotatable bonds is 17. The Hall–Kier alpha value is -6.42. The number of nitrogens with zero attached hydrogens (tertiary/aromatic N) is 7. The average molecular weight is 1080 g/mol. The van der Waals surface area contributed by atoms with E-state index in [1.165, 1.54) is 36.9 Å². The number of fused-ring (bicyclic) bond motifs is 2. The van der Waals surface area contributed by atoms with Crippen molar-refractivity contribution in [2.75, 3.05) is 103 Å². The van der Waals surface area contributed by atoms with Gasteiger partial charge >= 0.3 is 11.9 Å². The van der Waals surface area contributed by atoms with Gasteiger partial charge in [-0.25, -0.2) is 28.7 Å². The van der Waals surface area contributed by atoms with Crippen molar-refractivity contribution in [3.05, 3.63) is 95.0 Å². The Kier molecular flexibility index (Phi) is 17.4. The van der Waals surface area contributed by atoms with Gasteiger partial charge in [0.1, 0.15) is 68.0 Å². The van der Waals surface area contributed by atoms with Crippen molar-refractivity contribution in [2.45, 2.75) is 57.3 Å². The van der Waals surface area contributed by atoms with Gasteiger partial charge in [-0.3, -0.25) is 24.3 Å². The number of carbonyl (C=O) groups excluding carboxylic acids is 2. The predicted octanol–water partition coefficient (Wildman–Crippen LogP) is 8.62. The van der Waals surface area contributed by atoms with Crippen molar-refractivity contribution in [3.8, 4) is 23.0 Å². The summed E-state index contributed by atoms with van der Waals surface area (Å²) in [6, 6.07) is 16.5. The van der Waals surface area contributed by atoms with E-state index in [4.69, 9.17) is 56.4 Å². The van der Waals surface area contributed by atoms with E-state index in [9.17, 15) is 18.4 Å². The van der Waals surface area contributed by atoms with Gasteiger partial charge < -0.3 is 43.8 Å². The number of morpholine rings is 2. The zero-order chi connectivity index (χ0) is 52.5. The molecule has 2 aromatic heterocycles. The van der Waals surface area contributed by atoms with Crippen molar-refractivity contribution in [1.29, 1.82) is 0 Å². The molecule has 0 bridgehead atoms. The fraction of sp³-hybridized carbons (Fsp3) is 0.434. The minimum atomic E-state index is -0.539. The fourth-order valence-corrected chi connectivity index (χ4v) is 9.83. The van der Waals surface area contributed by atoms with Crippen LogP contribution >= 0.6 is 23.2 Å². The van der Waals surface area contributed by atoms with Gasteiger partial charge in [-0.2, -0.15) is 0 Å². The first-order valence-electron chi connectivity index (χ1n) is 24.9. The van der Waals surface area contributed by atoms with Crippen LogP contribution in [0.3, 0.4) is 0 Å². The lowest BCUT2D eigenvalue weighted by Crippen LogP contribution is -2.51. The van der Waals surface area contributed by atoms with Gasteiger partial charge in [-0.1, -0.05) is 23.2 Å². The largest absolute Gasteiger partial charge is 0.493 e. The lowest BCUT2D eigenvalue weighted by atomic mass is 10.0. The number of hydrogen-bond acceptors (Lipinski definition) is 18. The van der Waals surface area contributed by atoms with Crippen LogP contribution < -0.4 is 29.6 Å². The van der Waals surface area contributed by atoms with Gasteiger partial charge in [-0.05, 0) is 101 Å². The second-order valence-corrected chi connectivity index (χ2v) is 20.0. The minimum Gasteiger partial charge on any atom is -0.493 e. The second-order valence-electron chi connectivity index (χ2n) is 19.1. The highest BCUT2D eigenvalue weighted by molar-refractivity contribution is 6.31. The topological polar surface area (TPSA) is 184 Å². The molecule has 1 atom stereocenters. The van der Waals surface area contributed by atoms with Crippen LogP contribution in [0, 0.1) is 11.6 Å². The molecule has 0 radical (unpaired) electrons. The number of ether oxygens (including phenoxy) is 7. The molecular weight excluding hydrogens is 1020 g/mol. The maximum atomic E-state index is 13.6. The van der Waals surface area contributed by atoms with Crippen molar-refractivity contribution < 1.29 is 51.5 Å². The van der Waals surface area contributed by atoms with E-state index in [0.717, 1.165) is 63.9 Å². The molecule has 4 aliphatic rings. The van der Waals surface area contributed by atoms with Gasteiger partial charge in [0, 0.05) is 73.1 Å². The Balaban J connectivity index is 0.000000184. The number of benzene rings is 4. The molecule has 4 fully saturated rings. The number of esters is 2. The van der Waals surface area contributed by atoms with Crippen LogP contribution in [-0.4, -0.2) is 157 Å². The number of aromatic nitrogens is 4. The van der Waals surface area contributed by atoms with E-state index in [0.29, 0.717) is 115 Å². The van der Waals surface area contributed by atoms with Gasteiger partial charge in [0.15, 0.2) is 23.0 Å². The number of anilines is 4.